The smallest absolute Gasteiger partial charge is 0.119 e. The Morgan fingerprint density at radius 3 is 2.76 bits per heavy atom. The molecule has 0 aliphatic carbocycles. The van der Waals surface area contributed by atoms with Crippen LogP contribution < -0.4 is 4.74 Å². The van der Waals surface area contributed by atoms with Crippen molar-refractivity contribution in [3.63, 3.8) is 0 Å². The SMILES string of the molecule is C#CCCCOc1ccc2ccc(O)cc2c1. The number of hydrogen-bond donors (Lipinski definition) is 1. The lowest BCUT2D eigenvalue weighted by Crippen LogP contribution is -1.96. The Bertz CT molecular complexity index is 552. The predicted molar refractivity (Wildman–Crippen MR) is 69.2 cm³/mol. The number of phenolic OH excluding ortho intramolecular Hbond substituents is 1. The normalized spacial score (nSPS) is 10.1. The van der Waals surface area contributed by atoms with Gasteiger partial charge in [-0.2, -0.15) is 0 Å². The van der Waals surface area contributed by atoms with Gasteiger partial charge >= 0.3 is 0 Å². The molecule has 2 rings (SSSR count). The maximum Gasteiger partial charge on any atom is 0.119 e. The minimum Gasteiger partial charge on any atom is -0.508 e. The average molecular weight is 226 g/mol. The van der Waals surface area contributed by atoms with E-state index < -0.39 is 0 Å². The Kier molecular flexibility index (Phi) is 3.52. The van der Waals surface area contributed by atoms with Gasteiger partial charge in [0.1, 0.15) is 11.5 Å². The molecule has 0 unspecified atom stereocenters. The minimum atomic E-state index is 0.266. The van der Waals surface area contributed by atoms with Gasteiger partial charge in [-0.3, -0.25) is 0 Å². The van der Waals surface area contributed by atoms with E-state index in [1.165, 1.54) is 0 Å². The molecule has 2 heteroatoms. The van der Waals surface area contributed by atoms with E-state index in [4.69, 9.17) is 11.2 Å². The summed E-state index contributed by atoms with van der Waals surface area (Å²) in [5, 5.41) is 11.5. The van der Waals surface area contributed by atoms with Crippen LogP contribution in [0.1, 0.15) is 12.8 Å². The minimum absolute atomic E-state index is 0.266. The molecule has 0 saturated heterocycles. The van der Waals surface area contributed by atoms with E-state index in [0.29, 0.717) is 6.61 Å². The third-order valence-electron chi connectivity index (χ3n) is 2.53. The maximum absolute atomic E-state index is 9.40. The molecule has 1 N–H and O–H groups in total. The fourth-order valence-corrected chi connectivity index (χ4v) is 1.67. The maximum atomic E-state index is 9.40. The van der Waals surface area contributed by atoms with Crippen LogP contribution in [-0.4, -0.2) is 11.7 Å². The Balaban J connectivity index is 2.11. The topological polar surface area (TPSA) is 29.5 Å². The van der Waals surface area contributed by atoms with Crippen molar-refractivity contribution in [3.05, 3.63) is 36.4 Å². The van der Waals surface area contributed by atoms with Crippen LogP contribution in [0.2, 0.25) is 0 Å². The van der Waals surface area contributed by atoms with Crippen LogP contribution in [0.3, 0.4) is 0 Å². The number of phenols is 1. The van der Waals surface area contributed by atoms with Crippen LogP contribution >= 0.6 is 0 Å². The Morgan fingerprint density at radius 1 is 1.12 bits per heavy atom. The van der Waals surface area contributed by atoms with Crippen LogP contribution in [0.5, 0.6) is 11.5 Å². The first-order chi connectivity index (χ1) is 8.29. The number of aromatic hydroxyl groups is 1. The van der Waals surface area contributed by atoms with Gasteiger partial charge in [-0.15, -0.1) is 12.3 Å². The van der Waals surface area contributed by atoms with Gasteiger partial charge in [0, 0.05) is 6.42 Å². The highest BCUT2D eigenvalue weighted by molar-refractivity contribution is 5.85. The van der Waals surface area contributed by atoms with Gasteiger partial charge in [0.2, 0.25) is 0 Å². The van der Waals surface area contributed by atoms with E-state index in [-0.39, 0.29) is 5.75 Å². The van der Waals surface area contributed by atoms with Crippen LogP contribution in [0.25, 0.3) is 10.8 Å². The quantitative estimate of drug-likeness (QED) is 0.640. The molecular weight excluding hydrogens is 212 g/mol. The number of terminal acetylenes is 1. The molecule has 0 heterocycles. The molecule has 0 spiro atoms. The number of hydrogen-bond acceptors (Lipinski definition) is 2. The highest BCUT2D eigenvalue weighted by Crippen LogP contribution is 2.24. The van der Waals surface area contributed by atoms with Crippen molar-refractivity contribution < 1.29 is 9.84 Å². The first-order valence-electron chi connectivity index (χ1n) is 5.58. The van der Waals surface area contributed by atoms with Crippen molar-refractivity contribution in [1.29, 1.82) is 0 Å². The van der Waals surface area contributed by atoms with E-state index >= 15 is 0 Å². The summed E-state index contributed by atoms with van der Waals surface area (Å²) in [4.78, 5) is 0. The van der Waals surface area contributed by atoms with E-state index in [9.17, 15) is 5.11 Å². The molecule has 0 bridgehead atoms. The molecule has 2 aromatic carbocycles. The van der Waals surface area contributed by atoms with Crippen LogP contribution in [0.15, 0.2) is 36.4 Å². The van der Waals surface area contributed by atoms with Gasteiger partial charge in [0.05, 0.1) is 6.61 Å². The molecule has 17 heavy (non-hydrogen) atoms. The van der Waals surface area contributed by atoms with E-state index in [1.807, 2.05) is 24.3 Å². The summed E-state index contributed by atoms with van der Waals surface area (Å²) >= 11 is 0. The first kappa shape index (κ1) is 11.3. The van der Waals surface area contributed by atoms with E-state index in [0.717, 1.165) is 29.4 Å². The van der Waals surface area contributed by atoms with Crippen molar-refractivity contribution in [2.24, 2.45) is 0 Å². The van der Waals surface area contributed by atoms with Gasteiger partial charge in [-0.1, -0.05) is 12.1 Å². The second kappa shape index (κ2) is 5.27. The van der Waals surface area contributed by atoms with Gasteiger partial charge < -0.3 is 9.84 Å². The second-order valence-electron chi connectivity index (χ2n) is 3.85. The summed E-state index contributed by atoms with van der Waals surface area (Å²) in [7, 11) is 0. The summed E-state index contributed by atoms with van der Waals surface area (Å²) in [6.07, 6.45) is 6.75. The molecule has 0 saturated carbocycles. The van der Waals surface area contributed by atoms with Crippen molar-refractivity contribution in [1.82, 2.24) is 0 Å². The predicted octanol–water partition coefficient (Wildman–Crippen LogP) is 3.34. The summed E-state index contributed by atoms with van der Waals surface area (Å²) in [6, 6.07) is 11.1. The molecule has 2 aromatic rings. The molecule has 0 atom stereocenters. The van der Waals surface area contributed by atoms with Crippen molar-refractivity contribution >= 4 is 10.8 Å². The monoisotopic (exact) mass is 226 g/mol. The number of fused-ring (bicyclic) bond motifs is 1. The standard InChI is InChI=1S/C15H14O2/c1-2-3-4-9-17-15-8-6-12-5-7-14(16)10-13(12)11-15/h1,5-8,10-11,16H,3-4,9H2. The molecule has 0 aliphatic rings. The Hall–Kier alpha value is -2.14. The summed E-state index contributed by atoms with van der Waals surface area (Å²) in [5.41, 5.74) is 0. The summed E-state index contributed by atoms with van der Waals surface area (Å²) < 4.78 is 5.58. The van der Waals surface area contributed by atoms with Crippen LogP contribution in [0, 0.1) is 12.3 Å². The number of rotatable bonds is 4. The van der Waals surface area contributed by atoms with E-state index in [2.05, 4.69) is 5.92 Å². The van der Waals surface area contributed by atoms with Crippen molar-refractivity contribution in [2.45, 2.75) is 12.8 Å². The Morgan fingerprint density at radius 2 is 1.94 bits per heavy atom. The third kappa shape index (κ3) is 2.92. The lowest BCUT2D eigenvalue weighted by atomic mass is 10.1. The van der Waals surface area contributed by atoms with Crippen molar-refractivity contribution in [2.75, 3.05) is 6.61 Å². The van der Waals surface area contributed by atoms with Gasteiger partial charge in [-0.25, -0.2) is 0 Å². The van der Waals surface area contributed by atoms with Gasteiger partial charge in [0.15, 0.2) is 0 Å². The molecule has 0 radical (unpaired) electrons. The molecule has 0 amide bonds. The fraction of sp³-hybridized carbons (Fsp3) is 0.200. The molecule has 86 valence electrons. The van der Waals surface area contributed by atoms with Gasteiger partial charge in [-0.05, 0) is 41.5 Å². The largest absolute Gasteiger partial charge is 0.508 e. The zero-order chi connectivity index (χ0) is 12.1. The zero-order valence-electron chi connectivity index (χ0n) is 9.52. The highest BCUT2D eigenvalue weighted by Gasteiger charge is 1.98. The fourth-order valence-electron chi connectivity index (χ4n) is 1.67. The molecule has 2 nitrogen and oxygen atoms in total. The summed E-state index contributed by atoms with van der Waals surface area (Å²) in [5.74, 6) is 3.65. The molecule has 0 fully saturated rings. The lowest BCUT2D eigenvalue weighted by Gasteiger charge is -2.06. The lowest BCUT2D eigenvalue weighted by molar-refractivity contribution is 0.313. The second-order valence-corrected chi connectivity index (χ2v) is 3.85. The highest BCUT2D eigenvalue weighted by atomic mass is 16.5. The van der Waals surface area contributed by atoms with Gasteiger partial charge in [0.25, 0.3) is 0 Å². The molecule has 0 aliphatic heterocycles. The van der Waals surface area contributed by atoms with Crippen LogP contribution in [0.4, 0.5) is 0 Å². The van der Waals surface area contributed by atoms with E-state index in [1.54, 1.807) is 12.1 Å². The third-order valence-corrected chi connectivity index (χ3v) is 2.53. The first-order valence-corrected chi connectivity index (χ1v) is 5.58. The Labute approximate surface area is 101 Å². The molecule has 0 aromatic heterocycles. The summed E-state index contributed by atoms with van der Waals surface area (Å²) in [6.45, 7) is 0.620. The van der Waals surface area contributed by atoms with Crippen molar-refractivity contribution in [3.8, 4) is 23.8 Å². The zero-order valence-corrected chi connectivity index (χ0v) is 9.52. The number of unbranched alkanes of at least 4 members (excludes halogenated alkanes) is 1. The number of benzene rings is 2. The molecular formula is C15H14O2. The number of ether oxygens (including phenoxy) is 1. The van der Waals surface area contributed by atoms with Crippen LogP contribution in [-0.2, 0) is 0 Å². The average Bonchev–Trinajstić information content (AvgIpc) is 2.34.